The monoisotopic (exact) mass is 436 g/mol. The number of rotatable bonds is 13. The van der Waals surface area contributed by atoms with Gasteiger partial charge >= 0.3 is 5.97 Å². The Morgan fingerprint density at radius 2 is 1.52 bits per heavy atom. The average molecular weight is 437 g/mol. The van der Waals surface area contributed by atoms with Crippen LogP contribution in [-0.2, 0) is 19.2 Å². The van der Waals surface area contributed by atoms with Crippen LogP contribution in [-0.4, -0.2) is 87.9 Å². The summed E-state index contributed by atoms with van der Waals surface area (Å²) < 4.78 is 0. The number of carboxylic acids is 1. The van der Waals surface area contributed by atoms with Crippen molar-refractivity contribution in [1.82, 2.24) is 16.0 Å². The molecule has 12 heteroatoms. The fourth-order valence-corrected chi connectivity index (χ4v) is 2.70. The molecule has 0 spiro atoms. The molecule has 3 amide bonds. The molecular formula is C17H32N4O7S. The van der Waals surface area contributed by atoms with Crippen molar-refractivity contribution < 1.29 is 34.5 Å². The summed E-state index contributed by atoms with van der Waals surface area (Å²) in [5.41, 5.74) is 5.58. The fraction of sp³-hybridized carbons (Fsp3) is 0.765. The molecule has 0 heterocycles. The van der Waals surface area contributed by atoms with Gasteiger partial charge in [-0.2, -0.15) is 11.8 Å². The molecule has 8 N–H and O–H groups in total. The summed E-state index contributed by atoms with van der Waals surface area (Å²) in [6.45, 7) is 3.91. The van der Waals surface area contributed by atoms with Gasteiger partial charge in [-0.3, -0.25) is 14.4 Å². The van der Waals surface area contributed by atoms with E-state index < -0.39 is 60.6 Å². The van der Waals surface area contributed by atoms with Gasteiger partial charge in [-0.05, 0) is 31.3 Å². The number of nitrogens with one attached hydrogen (secondary N) is 3. The molecule has 0 saturated carbocycles. The van der Waals surface area contributed by atoms with Gasteiger partial charge in [0.25, 0.3) is 0 Å². The van der Waals surface area contributed by atoms with Crippen molar-refractivity contribution in [2.24, 2.45) is 11.7 Å². The van der Waals surface area contributed by atoms with Gasteiger partial charge < -0.3 is 37.0 Å². The van der Waals surface area contributed by atoms with E-state index in [2.05, 4.69) is 16.0 Å². The van der Waals surface area contributed by atoms with Gasteiger partial charge in [-0.15, -0.1) is 0 Å². The first kappa shape index (κ1) is 27.1. The Bertz CT molecular complexity index is 574. The zero-order valence-corrected chi connectivity index (χ0v) is 17.9. The van der Waals surface area contributed by atoms with Crippen LogP contribution in [0.4, 0.5) is 0 Å². The number of aliphatic hydroxyl groups excluding tert-OH is 2. The molecule has 0 aliphatic carbocycles. The number of carbonyl (C=O) groups is 4. The maximum Gasteiger partial charge on any atom is 0.328 e. The van der Waals surface area contributed by atoms with E-state index in [9.17, 15) is 24.3 Å². The van der Waals surface area contributed by atoms with Crippen molar-refractivity contribution in [3.63, 3.8) is 0 Å². The predicted molar refractivity (Wildman–Crippen MR) is 108 cm³/mol. The number of nitrogens with two attached hydrogens (primary N) is 1. The van der Waals surface area contributed by atoms with E-state index in [1.807, 2.05) is 0 Å². The van der Waals surface area contributed by atoms with Gasteiger partial charge in [0.1, 0.15) is 24.2 Å². The minimum atomic E-state index is -1.50. The quantitative estimate of drug-likeness (QED) is 0.165. The van der Waals surface area contributed by atoms with Crippen LogP contribution in [0.25, 0.3) is 0 Å². The number of hydrogen-bond donors (Lipinski definition) is 7. The lowest BCUT2D eigenvalue weighted by Crippen LogP contribution is -2.59. The van der Waals surface area contributed by atoms with Crippen molar-refractivity contribution >= 4 is 35.5 Å². The zero-order chi connectivity index (χ0) is 22.7. The largest absolute Gasteiger partial charge is 0.480 e. The third-order valence-corrected chi connectivity index (χ3v) is 4.75. The SMILES string of the molecule is CSCCC(NC(=O)C(NC(=O)C(N)C(C)O)C(C)C)C(=O)NC(CO)C(=O)O. The molecule has 168 valence electrons. The first-order chi connectivity index (χ1) is 13.5. The second-order valence-electron chi connectivity index (χ2n) is 6.92. The maximum atomic E-state index is 12.7. The lowest BCUT2D eigenvalue weighted by Gasteiger charge is -2.27. The molecule has 0 aromatic heterocycles. The topological polar surface area (TPSA) is 191 Å². The third-order valence-electron chi connectivity index (χ3n) is 4.11. The molecule has 0 saturated heterocycles. The van der Waals surface area contributed by atoms with Crippen LogP contribution in [0.5, 0.6) is 0 Å². The highest BCUT2D eigenvalue weighted by Crippen LogP contribution is 2.07. The highest BCUT2D eigenvalue weighted by atomic mass is 32.2. The molecule has 0 rings (SSSR count). The van der Waals surface area contributed by atoms with Crippen LogP contribution in [0.3, 0.4) is 0 Å². The van der Waals surface area contributed by atoms with Gasteiger partial charge in [0.05, 0.1) is 12.7 Å². The Morgan fingerprint density at radius 3 is 1.93 bits per heavy atom. The van der Waals surface area contributed by atoms with E-state index in [1.54, 1.807) is 20.1 Å². The standard InChI is InChI=1S/C17H32N4O7S/c1-8(2)13(21-15(25)12(18)9(3)23)16(26)19-10(5-6-29-4)14(24)20-11(7-22)17(27)28/h8-13,22-23H,5-7,18H2,1-4H3,(H,19,26)(H,20,24)(H,21,25)(H,27,28). The predicted octanol–water partition coefficient (Wildman–Crippen LogP) is -2.37. The minimum Gasteiger partial charge on any atom is -0.480 e. The van der Waals surface area contributed by atoms with Gasteiger partial charge in [0.2, 0.25) is 17.7 Å². The van der Waals surface area contributed by atoms with Crippen LogP contribution in [0.1, 0.15) is 27.2 Å². The van der Waals surface area contributed by atoms with Crippen molar-refractivity contribution in [2.45, 2.75) is 57.5 Å². The molecule has 0 aliphatic rings. The Balaban J connectivity index is 5.30. The molecular weight excluding hydrogens is 404 g/mol. The van der Waals surface area contributed by atoms with Gasteiger partial charge in [-0.25, -0.2) is 4.79 Å². The average Bonchev–Trinajstić information content (AvgIpc) is 2.65. The Labute approximate surface area is 174 Å². The Morgan fingerprint density at radius 1 is 0.966 bits per heavy atom. The summed E-state index contributed by atoms with van der Waals surface area (Å²) >= 11 is 1.43. The molecule has 0 radical (unpaired) electrons. The van der Waals surface area contributed by atoms with Crippen LogP contribution in [0, 0.1) is 5.92 Å². The van der Waals surface area contributed by atoms with Gasteiger partial charge in [0.15, 0.2) is 0 Å². The molecule has 0 aliphatic heterocycles. The molecule has 0 fully saturated rings. The summed E-state index contributed by atoms with van der Waals surface area (Å²) in [7, 11) is 0. The highest BCUT2D eigenvalue weighted by molar-refractivity contribution is 7.98. The number of amides is 3. The van der Waals surface area contributed by atoms with Crippen LogP contribution < -0.4 is 21.7 Å². The summed E-state index contributed by atoms with van der Waals surface area (Å²) in [6.07, 6.45) is 0.902. The maximum absolute atomic E-state index is 12.7. The van der Waals surface area contributed by atoms with E-state index in [4.69, 9.17) is 15.9 Å². The highest BCUT2D eigenvalue weighted by Gasteiger charge is 2.32. The Hall–Kier alpha value is -1.89. The molecule has 5 unspecified atom stereocenters. The summed E-state index contributed by atoms with van der Waals surface area (Å²) in [6, 6.07) is -4.81. The second kappa shape index (κ2) is 13.4. The van der Waals surface area contributed by atoms with Crippen molar-refractivity contribution in [3.05, 3.63) is 0 Å². The number of thioether (sulfide) groups is 1. The fourth-order valence-electron chi connectivity index (χ4n) is 2.23. The number of carboxylic acid groups (broad SMARTS) is 1. The molecule has 5 atom stereocenters. The summed E-state index contributed by atoms with van der Waals surface area (Å²) in [4.78, 5) is 48.2. The molecule has 0 bridgehead atoms. The lowest BCUT2D eigenvalue weighted by atomic mass is 10.0. The van der Waals surface area contributed by atoms with E-state index in [0.29, 0.717) is 5.75 Å². The summed E-state index contributed by atoms with van der Waals surface area (Å²) in [5, 5.41) is 34.6. The van der Waals surface area contributed by atoms with Crippen LogP contribution >= 0.6 is 11.8 Å². The smallest absolute Gasteiger partial charge is 0.328 e. The van der Waals surface area contributed by atoms with Crippen molar-refractivity contribution in [1.29, 1.82) is 0 Å². The number of aliphatic hydroxyl groups is 2. The van der Waals surface area contributed by atoms with Gasteiger partial charge in [0, 0.05) is 0 Å². The van der Waals surface area contributed by atoms with Crippen molar-refractivity contribution in [2.75, 3.05) is 18.6 Å². The number of aliphatic carboxylic acids is 1. The van der Waals surface area contributed by atoms with Crippen molar-refractivity contribution in [3.8, 4) is 0 Å². The normalized spacial score (nSPS) is 16.3. The Kier molecular flexibility index (Phi) is 12.5. The van der Waals surface area contributed by atoms with E-state index in [0.717, 1.165) is 0 Å². The van der Waals surface area contributed by atoms with E-state index in [-0.39, 0.29) is 12.3 Å². The first-order valence-electron chi connectivity index (χ1n) is 9.13. The molecule has 0 aromatic rings. The third kappa shape index (κ3) is 9.43. The van der Waals surface area contributed by atoms with Crippen LogP contribution in [0.2, 0.25) is 0 Å². The molecule has 11 nitrogen and oxygen atoms in total. The van der Waals surface area contributed by atoms with E-state index >= 15 is 0 Å². The van der Waals surface area contributed by atoms with E-state index in [1.165, 1.54) is 18.7 Å². The minimum absolute atomic E-state index is 0.211. The summed E-state index contributed by atoms with van der Waals surface area (Å²) in [5.74, 6) is -3.39. The zero-order valence-electron chi connectivity index (χ0n) is 17.0. The number of carbonyl (C=O) groups excluding carboxylic acids is 3. The first-order valence-corrected chi connectivity index (χ1v) is 10.5. The molecule has 29 heavy (non-hydrogen) atoms. The second-order valence-corrected chi connectivity index (χ2v) is 7.91. The van der Waals surface area contributed by atoms with Crippen LogP contribution in [0.15, 0.2) is 0 Å². The lowest BCUT2D eigenvalue weighted by molar-refractivity contribution is -0.143. The van der Waals surface area contributed by atoms with Gasteiger partial charge in [-0.1, -0.05) is 13.8 Å². The number of hydrogen-bond acceptors (Lipinski definition) is 8. The molecule has 0 aromatic carbocycles.